The first-order chi connectivity index (χ1) is 10.0. The molecule has 118 valence electrons. The quantitative estimate of drug-likeness (QED) is 0.560. The van der Waals surface area contributed by atoms with Crippen LogP contribution in [-0.4, -0.2) is 36.9 Å². The lowest BCUT2D eigenvalue weighted by atomic mass is 10.00. The van der Waals surface area contributed by atoms with E-state index in [1.807, 2.05) is 20.9 Å². The monoisotopic (exact) mass is 292 g/mol. The van der Waals surface area contributed by atoms with E-state index in [4.69, 9.17) is 10.5 Å². The minimum atomic E-state index is -0.0890. The van der Waals surface area contributed by atoms with E-state index in [1.54, 1.807) is 18.2 Å². The molecule has 0 saturated heterocycles. The van der Waals surface area contributed by atoms with Crippen LogP contribution in [0.15, 0.2) is 18.2 Å². The highest BCUT2D eigenvalue weighted by Crippen LogP contribution is 2.24. The molecule has 1 atom stereocenters. The molecule has 21 heavy (non-hydrogen) atoms. The molecule has 1 rings (SSSR count). The second-order valence-electron chi connectivity index (χ2n) is 5.31. The van der Waals surface area contributed by atoms with Gasteiger partial charge in [0.15, 0.2) is 5.78 Å². The van der Waals surface area contributed by atoms with E-state index in [-0.39, 0.29) is 11.8 Å². The predicted molar refractivity (Wildman–Crippen MR) is 88.0 cm³/mol. The van der Waals surface area contributed by atoms with Crippen molar-refractivity contribution in [1.82, 2.24) is 4.90 Å². The lowest BCUT2D eigenvalue weighted by Gasteiger charge is -2.26. The van der Waals surface area contributed by atoms with Crippen LogP contribution in [0, 0.1) is 0 Å². The fourth-order valence-electron chi connectivity index (χ4n) is 2.44. The van der Waals surface area contributed by atoms with Crippen LogP contribution in [0.3, 0.4) is 0 Å². The van der Waals surface area contributed by atoms with Crippen LogP contribution in [-0.2, 0) is 0 Å². The highest BCUT2D eigenvalue weighted by molar-refractivity contribution is 6.01. The number of ether oxygens (including phenoxy) is 1. The summed E-state index contributed by atoms with van der Waals surface area (Å²) in [7, 11) is 2.01. The van der Waals surface area contributed by atoms with Crippen molar-refractivity contribution in [3.63, 3.8) is 0 Å². The Morgan fingerprint density at radius 2 is 2.05 bits per heavy atom. The summed E-state index contributed by atoms with van der Waals surface area (Å²) in [4.78, 5) is 14.8. The number of anilines is 1. The third-order valence-electron chi connectivity index (χ3n) is 3.68. The Labute approximate surface area is 128 Å². The van der Waals surface area contributed by atoms with Crippen molar-refractivity contribution in [3.8, 4) is 5.75 Å². The van der Waals surface area contributed by atoms with Gasteiger partial charge >= 0.3 is 0 Å². The number of nitrogens with two attached hydrogens (primary N) is 1. The highest BCUT2D eigenvalue weighted by atomic mass is 16.5. The molecule has 0 bridgehead atoms. The smallest absolute Gasteiger partial charge is 0.180 e. The molecule has 0 saturated carbocycles. The molecule has 0 spiro atoms. The van der Waals surface area contributed by atoms with Gasteiger partial charge in [-0.15, -0.1) is 0 Å². The molecule has 1 aromatic rings. The Kier molecular flexibility index (Phi) is 7.23. The van der Waals surface area contributed by atoms with Crippen LogP contribution in [0.1, 0.15) is 50.4 Å². The number of carbonyl (C=O) groups excluding carboxylic acids is 1. The zero-order valence-corrected chi connectivity index (χ0v) is 13.7. The van der Waals surface area contributed by atoms with Gasteiger partial charge in [-0.25, -0.2) is 0 Å². The number of benzene rings is 1. The molecule has 0 heterocycles. The normalized spacial score (nSPS) is 12.4. The molecule has 0 aliphatic rings. The number of hydrogen-bond donors (Lipinski definition) is 1. The Morgan fingerprint density at radius 3 is 2.57 bits per heavy atom. The summed E-state index contributed by atoms with van der Waals surface area (Å²) in [6.07, 6.45) is 3.03. The molecule has 0 radical (unpaired) electrons. The highest BCUT2D eigenvalue weighted by Gasteiger charge is 2.22. The summed E-state index contributed by atoms with van der Waals surface area (Å²) < 4.78 is 5.41. The van der Waals surface area contributed by atoms with Crippen molar-refractivity contribution in [1.29, 1.82) is 0 Å². The van der Waals surface area contributed by atoms with Gasteiger partial charge < -0.3 is 10.5 Å². The Hall–Kier alpha value is -1.55. The van der Waals surface area contributed by atoms with E-state index in [0.717, 1.165) is 25.8 Å². The van der Waals surface area contributed by atoms with Crippen LogP contribution < -0.4 is 10.5 Å². The van der Waals surface area contributed by atoms with Gasteiger partial charge in [-0.2, -0.15) is 0 Å². The number of carbonyl (C=O) groups is 1. The van der Waals surface area contributed by atoms with Crippen molar-refractivity contribution in [3.05, 3.63) is 23.8 Å². The minimum absolute atomic E-state index is 0.0890. The molecular formula is C17H28N2O2. The Bertz CT molecular complexity index is 460. The van der Waals surface area contributed by atoms with E-state index in [0.29, 0.717) is 23.6 Å². The molecule has 2 N–H and O–H groups in total. The SMILES string of the molecule is CCCCN(C)C(CC)C(=O)c1ccc(OCC)c(N)c1. The fourth-order valence-corrected chi connectivity index (χ4v) is 2.44. The summed E-state index contributed by atoms with van der Waals surface area (Å²) >= 11 is 0. The van der Waals surface area contributed by atoms with Gasteiger partial charge in [0.05, 0.1) is 18.3 Å². The summed E-state index contributed by atoms with van der Waals surface area (Å²) in [5, 5.41) is 0. The maximum Gasteiger partial charge on any atom is 0.180 e. The van der Waals surface area contributed by atoms with Crippen molar-refractivity contribution >= 4 is 11.5 Å². The van der Waals surface area contributed by atoms with Crippen molar-refractivity contribution in [2.75, 3.05) is 25.9 Å². The second kappa shape index (κ2) is 8.67. The summed E-state index contributed by atoms with van der Waals surface area (Å²) in [5.74, 6) is 0.771. The van der Waals surface area contributed by atoms with Gasteiger partial charge in [-0.1, -0.05) is 20.3 Å². The third kappa shape index (κ3) is 4.74. The first-order valence-corrected chi connectivity index (χ1v) is 7.81. The fraction of sp³-hybridized carbons (Fsp3) is 0.588. The van der Waals surface area contributed by atoms with Crippen LogP contribution in [0.4, 0.5) is 5.69 Å². The van der Waals surface area contributed by atoms with Crippen molar-refractivity contribution in [2.24, 2.45) is 0 Å². The van der Waals surface area contributed by atoms with E-state index in [1.165, 1.54) is 0 Å². The average Bonchev–Trinajstić information content (AvgIpc) is 2.48. The van der Waals surface area contributed by atoms with E-state index in [9.17, 15) is 4.79 Å². The molecule has 4 nitrogen and oxygen atoms in total. The second-order valence-corrected chi connectivity index (χ2v) is 5.31. The lowest BCUT2D eigenvalue weighted by Crippen LogP contribution is -2.38. The van der Waals surface area contributed by atoms with E-state index in [2.05, 4.69) is 11.8 Å². The van der Waals surface area contributed by atoms with Gasteiger partial charge in [-0.05, 0) is 51.6 Å². The van der Waals surface area contributed by atoms with Gasteiger partial charge in [0, 0.05) is 5.56 Å². The topological polar surface area (TPSA) is 55.6 Å². The van der Waals surface area contributed by atoms with Crippen molar-refractivity contribution < 1.29 is 9.53 Å². The molecule has 0 amide bonds. The number of likely N-dealkylation sites (N-methyl/N-ethyl adjacent to an activating group) is 1. The lowest BCUT2D eigenvalue weighted by molar-refractivity contribution is 0.0844. The molecule has 0 fully saturated rings. The number of rotatable bonds is 9. The van der Waals surface area contributed by atoms with Gasteiger partial charge in [0.25, 0.3) is 0 Å². The van der Waals surface area contributed by atoms with Crippen LogP contribution >= 0.6 is 0 Å². The van der Waals surface area contributed by atoms with E-state index < -0.39 is 0 Å². The summed E-state index contributed by atoms with van der Waals surface area (Å²) in [6.45, 7) is 7.61. The molecule has 0 aliphatic carbocycles. The Balaban J connectivity index is 2.87. The number of ketones is 1. The van der Waals surface area contributed by atoms with Gasteiger partial charge in [0.1, 0.15) is 5.75 Å². The predicted octanol–water partition coefficient (Wildman–Crippen LogP) is 3.36. The molecule has 0 aromatic heterocycles. The number of unbranched alkanes of at least 4 members (excludes halogenated alkanes) is 1. The van der Waals surface area contributed by atoms with E-state index >= 15 is 0 Å². The first-order valence-electron chi connectivity index (χ1n) is 7.81. The number of hydrogen-bond acceptors (Lipinski definition) is 4. The number of nitrogen functional groups attached to an aromatic ring is 1. The largest absolute Gasteiger partial charge is 0.492 e. The van der Waals surface area contributed by atoms with Gasteiger partial charge in [-0.3, -0.25) is 9.69 Å². The van der Waals surface area contributed by atoms with Crippen LogP contribution in [0.25, 0.3) is 0 Å². The Morgan fingerprint density at radius 1 is 1.33 bits per heavy atom. The maximum absolute atomic E-state index is 12.7. The zero-order valence-electron chi connectivity index (χ0n) is 13.7. The maximum atomic E-state index is 12.7. The van der Waals surface area contributed by atoms with Crippen LogP contribution in [0.5, 0.6) is 5.75 Å². The summed E-state index contributed by atoms with van der Waals surface area (Å²) in [5.41, 5.74) is 7.13. The third-order valence-corrected chi connectivity index (χ3v) is 3.68. The molecule has 0 aliphatic heterocycles. The minimum Gasteiger partial charge on any atom is -0.492 e. The molecular weight excluding hydrogens is 264 g/mol. The molecule has 1 unspecified atom stereocenters. The number of nitrogens with zero attached hydrogens (tertiary/aromatic N) is 1. The number of Topliss-reactive ketones (excluding diaryl/α,β-unsaturated/α-hetero) is 1. The molecule has 1 aromatic carbocycles. The summed E-state index contributed by atoms with van der Waals surface area (Å²) in [6, 6.07) is 5.22. The van der Waals surface area contributed by atoms with Gasteiger partial charge in [0.2, 0.25) is 0 Å². The van der Waals surface area contributed by atoms with Crippen LogP contribution in [0.2, 0.25) is 0 Å². The molecule has 4 heteroatoms. The first kappa shape index (κ1) is 17.5. The van der Waals surface area contributed by atoms with Crippen molar-refractivity contribution in [2.45, 2.75) is 46.1 Å². The average molecular weight is 292 g/mol. The zero-order chi connectivity index (χ0) is 15.8. The standard InChI is InChI=1S/C17H28N2O2/c1-5-8-11-19(4)15(6-2)17(20)13-9-10-16(21-7-3)14(18)12-13/h9-10,12,15H,5-8,11,18H2,1-4H3.